The fourth-order valence-corrected chi connectivity index (χ4v) is 3.41. The fourth-order valence-electron chi connectivity index (χ4n) is 3.41. The Morgan fingerprint density at radius 2 is 2.18 bits per heavy atom. The number of imidazole rings is 1. The molecular formula is C16H26N4O2. The van der Waals surface area contributed by atoms with Crippen LogP contribution in [-0.2, 0) is 16.1 Å². The van der Waals surface area contributed by atoms with Crippen molar-refractivity contribution in [3.05, 3.63) is 18.2 Å². The zero-order valence-electron chi connectivity index (χ0n) is 13.4. The number of piperidine rings is 1. The predicted molar refractivity (Wildman–Crippen MR) is 83.7 cm³/mol. The first-order valence-corrected chi connectivity index (χ1v) is 8.37. The van der Waals surface area contributed by atoms with Crippen LogP contribution in [-0.4, -0.2) is 71.2 Å². The summed E-state index contributed by atoms with van der Waals surface area (Å²) in [4.78, 5) is 21.3. The Morgan fingerprint density at radius 1 is 1.36 bits per heavy atom. The zero-order valence-corrected chi connectivity index (χ0v) is 13.4. The molecule has 0 saturated carbocycles. The first-order chi connectivity index (χ1) is 10.8. The third-order valence-electron chi connectivity index (χ3n) is 4.69. The van der Waals surface area contributed by atoms with E-state index in [1.807, 2.05) is 17.3 Å². The number of rotatable bonds is 4. The van der Waals surface area contributed by atoms with Crippen LogP contribution in [0.5, 0.6) is 0 Å². The number of carbonyl (C=O) groups excluding carboxylic acids is 1. The number of morpholine rings is 1. The number of aryl methyl sites for hydroxylation is 1. The number of ether oxygens (including phenoxy) is 1. The molecule has 1 aromatic heterocycles. The lowest BCUT2D eigenvalue weighted by Gasteiger charge is -2.35. The lowest BCUT2D eigenvalue weighted by atomic mass is 9.97. The fraction of sp³-hybridized carbons (Fsp3) is 0.750. The van der Waals surface area contributed by atoms with Gasteiger partial charge in [-0.3, -0.25) is 9.69 Å². The van der Waals surface area contributed by atoms with E-state index in [1.165, 1.54) is 0 Å². The summed E-state index contributed by atoms with van der Waals surface area (Å²) >= 11 is 0. The van der Waals surface area contributed by atoms with Crippen molar-refractivity contribution in [3.63, 3.8) is 0 Å². The maximum absolute atomic E-state index is 12.6. The zero-order chi connectivity index (χ0) is 15.4. The van der Waals surface area contributed by atoms with Gasteiger partial charge in [-0.25, -0.2) is 4.98 Å². The molecule has 6 nitrogen and oxygen atoms in total. The number of aromatic nitrogens is 2. The van der Waals surface area contributed by atoms with Gasteiger partial charge in [0.05, 0.1) is 19.8 Å². The summed E-state index contributed by atoms with van der Waals surface area (Å²) in [6.45, 7) is 8.49. The maximum atomic E-state index is 12.6. The molecule has 0 N–H and O–H groups in total. The van der Waals surface area contributed by atoms with Crippen molar-refractivity contribution >= 4 is 5.91 Å². The molecule has 0 aliphatic carbocycles. The minimum atomic E-state index is 0.251. The molecule has 1 amide bonds. The topological polar surface area (TPSA) is 50.6 Å². The highest BCUT2D eigenvalue weighted by atomic mass is 16.5. The molecule has 0 aromatic carbocycles. The van der Waals surface area contributed by atoms with Crippen molar-refractivity contribution in [2.45, 2.75) is 32.2 Å². The van der Waals surface area contributed by atoms with Gasteiger partial charge in [-0.15, -0.1) is 0 Å². The van der Waals surface area contributed by atoms with Gasteiger partial charge in [0.15, 0.2) is 0 Å². The normalized spacial score (nSPS) is 23.7. The largest absolute Gasteiger partial charge is 0.379 e. The van der Waals surface area contributed by atoms with Crippen molar-refractivity contribution in [1.82, 2.24) is 19.4 Å². The number of hydrogen-bond acceptors (Lipinski definition) is 4. The van der Waals surface area contributed by atoms with Crippen LogP contribution in [0.1, 0.15) is 31.5 Å². The van der Waals surface area contributed by atoms with E-state index in [0.717, 1.165) is 64.6 Å². The first kappa shape index (κ1) is 15.5. The van der Waals surface area contributed by atoms with E-state index in [4.69, 9.17) is 4.74 Å². The summed E-state index contributed by atoms with van der Waals surface area (Å²) in [7, 11) is 0. The molecule has 22 heavy (non-hydrogen) atoms. The van der Waals surface area contributed by atoms with Crippen LogP contribution in [0.3, 0.4) is 0 Å². The minimum Gasteiger partial charge on any atom is -0.379 e. The molecule has 6 heteroatoms. The molecule has 0 radical (unpaired) electrons. The minimum absolute atomic E-state index is 0.251. The highest BCUT2D eigenvalue weighted by Crippen LogP contribution is 2.26. The van der Waals surface area contributed by atoms with Crippen LogP contribution >= 0.6 is 0 Å². The van der Waals surface area contributed by atoms with E-state index in [0.29, 0.717) is 12.5 Å². The summed E-state index contributed by atoms with van der Waals surface area (Å²) in [5, 5.41) is 0. The molecule has 0 spiro atoms. The molecule has 1 aromatic rings. The van der Waals surface area contributed by atoms with Crippen LogP contribution < -0.4 is 0 Å². The van der Waals surface area contributed by atoms with E-state index in [9.17, 15) is 4.79 Å². The predicted octanol–water partition coefficient (Wildman–Crippen LogP) is 0.941. The average molecular weight is 306 g/mol. The van der Waals surface area contributed by atoms with Gasteiger partial charge in [0.25, 0.3) is 0 Å². The monoisotopic (exact) mass is 306 g/mol. The third-order valence-corrected chi connectivity index (χ3v) is 4.69. The lowest BCUT2D eigenvalue weighted by molar-refractivity contribution is -0.134. The standard InChI is InChI=1S/C16H26N4O2/c1-2-19-7-5-17-16(19)14-4-3-6-20(12-14)15(21)13-18-8-10-22-11-9-18/h5,7,14H,2-4,6,8-13H2,1H3/t14-/m1/s1. The van der Waals surface area contributed by atoms with Gasteiger partial charge in [-0.2, -0.15) is 0 Å². The van der Waals surface area contributed by atoms with Crippen molar-refractivity contribution in [3.8, 4) is 0 Å². The van der Waals surface area contributed by atoms with Crippen molar-refractivity contribution in [1.29, 1.82) is 0 Å². The lowest BCUT2D eigenvalue weighted by Crippen LogP contribution is -2.47. The summed E-state index contributed by atoms with van der Waals surface area (Å²) in [6.07, 6.45) is 6.09. The molecule has 3 rings (SSSR count). The van der Waals surface area contributed by atoms with Crippen molar-refractivity contribution in [2.75, 3.05) is 45.9 Å². The molecule has 122 valence electrons. The number of amides is 1. The van der Waals surface area contributed by atoms with Gasteiger partial charge < -0.3 is 14.2 Å². The van der Waals surface area contributed by atoms with Gasteiger partial charge in [-0.1, -0.05) is 0 Å². The second-order valence-electron chi connectivity index (χ2n) is 6.14. The average Bonchev–Trinajstić information content (AvgIpc) is 3.04. The van der Waals surface area contributed by atoms with Crippen LogP contribution in [0.4, 0.5) is 0 Å². The van der Waals surface area contributed by atoms with E-state index >= 15 is 0 Å². The SMILES string of the molecule is CCn1ccnc1[C@@H]1CCCN(C(=O)CN2CCOCC2)C1. The Balaban J connectivity index is 1.59. The van der Waals surface area contributed by atoms with Crippen molar-refractivity contribution in [2.24, 2.45) is 0 Å². The summed E-state index contributed by atoms with van der Waals surface area (Å²) in [6, 6.07) is 0. The smallest absolute Gasteiger partial charge is 0.236 e. The van der Waals surface area contributed by atoms with Crippen LogP contribution in [0, 0.1) is 0 Å². The Morgan fingerprint density at radius 3 is 2.95 bits per heavy atom. The molecule has 2 saturated heterocycles. The quantitative estimate of drug-likeness (QED) is 0.831. The number of nitrogens with zero attached hydrogens (tertiary/aromatic N) is 4. The second-order valence-corrected chi connectivity index (χ2v) is 6.14. The molecule has 2 aliphatic rings. The molecule has 2 aliphatic heterocycles. The molecule has 3 heterocycles. The number of likely N-dealkylation sites (tertiary alicyclic amines) is 1. The van der Waals surface area contributed by atoms with E-state index in [1.54, 1.807) is 0 Å². The van der Waals surface area contributed by atoms with Crippen LogP contribution in [0.15, 0.2) is 12.4 Å². The van der Waals surface area contributed by atoms with Gasteiger partial charge in [0.2, 0.25) is 5.91 Å². The van der Waals surface area contributed by atoms with Gasteiger partial charge in [-0.05, 0) is 19.8 Å². The Hall–Kier alpha value is -1.40. The Labute approximate surface area is 132 Å². The second kappa shape index (κ2) is 7.24. The summed E-state index contributed by atoms with van der Waals surface area (Å²) in [5.74, 6) is 1.75. The van der Waals surface area contributed by atoms with Gasteiger partial charge >= 0.3 is 0 Å². The summed E-state index contributed by atoms with van der Waals surface area (Å²) in [5.41, 5.74) is 0. The number of carbonyl (C=O) groups is 1. The number of hydrogen-bond donors (Lipinski definition) is 0. The van der Waals surface area contributed by atoms with E-state index in [2.05, 4.69) is 21.4 Å². The highest BCUT2D eigenvalue weighted by Gasteiger charge is 2.28. The molecule has 1 atom stereocenters. The van der Waals surface area contributed by atoms with E-state index in [-0.39, 0.29) is 5.91 Å². The van der Waals surface area contributed by atoms with Crippen LogP contribution in [0.25, 0.3) is 0 Å². The Kier molecular flexibility index (Phi) is 5.10. The van der Waals surface area contributed by atoms with Crippen LogP contribution in [0.2, 0.25) is 0 Å². The third kappa shape index (κ3) is 3.50. The molecule has 0 bridgehead atoms. The van der Waals surface area contributed by atoms with Crippen molar-refractivity contribution < 1.29 is 9.53 Å². The van der Waals surface area contributed by atoms with E-state index < -0.39 is 0 Å². The van der Waals surface area contributed by atoms with Gasteiger partial charge in [0.1, 0.15) is 5.82 Å². The van der Waals surface area contributed by atoms with Gasteiger partial charge in [0, 0.05) is 51.0 Å². The molecule has 2 fully saturated rings. The molecule has 0 unspecified atom stereocenters. The highest BCUT2D eigenvalue weighted by molar-refractivity contribution is 5.78. The maximum Gasteiger partial charge on any atom is 0.236 e. The summed E-state index contributed by atoms with van der Waals surface area (Å²) < 4.78 is 7.54. The molecular weight excluding hydrogens is 280 g/mol. The Bertz CT molecular complexity index is 496. The first-order valence-electron chi connectivity index (χ1n) is 8.37.